The van der Waals surface area contributed by atoms with Gasteiger partial charge >= 0.3 is 5.97 Å². The van der Waals surface area contributed by atoms with E-state index >= 15 is 0 Å². The number of hydrogen-bond acceptors (Lipinski definition) is 4. The van der Waals surface area contributed by atoms with Crippen molar-refractivity contribution in [2.24, 2.45) is 0 Å². The third kappa shape index (κ3) is 2.08. The Hall–Kier alpha value is -2.04. The van der Waals surface area contributed by atoms with Crippen molar-refractivity contribution in [3.8, 4) is 0 Å². The number of oxazole rings is 1. The van der Waals surface area contributed by atoms with E-state index in [-0.39, 0.29) is 0 Å². The summed E-state index contributed by atoms with van der Waals surface area (Å²) >= 11 is 0. The summed E-state index contributed by atoms with van der Waals surface area (Å²) in [5, 5.41) is 9.07. The van der Waals surface area contributed by atoms with Crippen LogP contribution in [0.1, 0.15) is 13.3 Å². The van der Waals surface area contributed by atoms with E-state index in [0.29, 0.717) is 18.0 Å². The van der Waals surface area contributed by atoms with Gasteiger partial charge in [0.15, 0.2) is 5.58 Å². The Bertz CT molecular complexity index is 502. The van der Waals surface area contributed by atoms with Crippen molar-refractivity contribution in [3.05, 3.63) is 24.3 Å². The molecule has 1 unspecified atom stereocenters. The first-order chi connectivity index (χ1) is 8.13. The molecule has 1 atom stereocenters. The van der Waals surface area contributed by atoms with Gasteiger partial charge in [-0.15, -0.1) is 0 Å². The van der Waals surface area contributed by atoms with Gasteiger partial charge in [-0.05, 0) is 18.6 Å². The summed E-state index contributed by atoms with van der Waals surface area (Å²) in [4.78, 5) is 16.9. The third-order valence-electron chi connectivity index (χ3n) is 2.72. The minimum Gasteiger partial charge on any atom is -0.480 e. The molecule has 0 spiro atoms. The lowest BCUT2D eigenvalue weighted by Gasteiger charge is -2.21. The van der Waals surface area contributed by atoms with Crippen LogP contribution in [-0.4, -0.2) is 29.1 Å². The van der Waals surface area contributed by atoms with Gasteiger partial charge in [0.25, 0.3) is 6.01 Å². The standard InChI is InChI=1S/C12H14N2O3/c1-3-9(11(15)16)14(2)12-13-8-6-4-5-7-10(8)17-12/h4-7,9H,3H2,1-2H3,(H,15,16). The fraction of sp³-hybridized carbons (Fsp3) is 0.333. The maximum absolute atomic E-state index is 11.0. The first-order valence-electron chi connectivity index (χ1n) is 5.44. The number of likely N-dealkylation sites (N-methyl/N-ethyl adjacent to an activating group) is 1. The summed E-state index contributed by atoms with van der Waals surface area (Å²) in [5.74, 6) is -0.878. The van der Waals surface area contributed by atoms with Crippen LogP contribution in [0.15, 0.2) is 28.7 Å². The number of carboxylic acids is 1. The van der Waals surface area contributed by atoms with Gasteiger partial charge in [-0.3, -0.25) is 0 Å². The topological polar surface area (TPSA) is 66.6 Å². The molecule has 0 aliphatic heterocycles. The first-order valence-corrected chi connectivity index (χ1v) is 5.44. The Labute approximate surface area is 98.7 Å². The molecular formula is C12H14N2O3. The van der Waals surface area contributed by atoms with Gasteiger partial charge in [-0.25, -0.2) is 4.79 Å². The molecule has 0 aliphatic carbocycles. The molecule has 90 valence electrons. The van der Waals surface area contributed by atoms with Crippen molar-refractivity contribution >= 4 is 23.1 Å². The van der Waals surface area contributed by atoms with Gasteiger partial charge < -0.3 is 14.4 Å². The summed E-state index contributed by atoms with van der Waals surface area (Å²) in [6.45, 7) is 1.82. The van der Waals surface area contributed by atoms with Crippen LogP contribution in [0.4, 0.5) is 6.01 Å². The number of nitrogens with zero attached hydrogens (tertiary/aromatic N) is 2. The number of anilines is 1. The number of carbonyl (C=O) groups is 1. The van der Waals surface area contributed by atoms with E-state index in [1.165, 1.54) is 0 Å². The van der Waals surface area contributed by atoms with Crippen molar-refractivity contribution in [1.82, 2.24) is 4.98 Å². The van der Waals surface area contributed by atoms with Crippen molar-refractivity contribution in [2.45, 2.75) is 19.4 Å². The van der Waals surface area contributed by atoms with E-state index in [2.05, 4.69) is 4.98 Å². The molecule has 0 bridgehead atoms. The molecule has 1 heterocycles. The number of aliphatic carboxylic acids is 1. The van der Waals surface area contributed by atoms with Gasteiger partial charge in [0.2, 0.25) is 0 Å². The summed E-state index contributed by atoms with van der Waals surface area (Å²) in [6, 6.07) is 7.07. The van der Waals surface area contributed by atoms with E-state index in [1.54, 1.807) is 18.0 Å². The van der Waals surface area contributed by atoms with Crippen molar-refractivity contribution in [2.75, 3.05) is 11.9 Å². The minimum absolute atomic E-state index is 0.334. The van der Waals surface area contributed by atoms with Crippen LogP contribution in [-0.2, 0) is 4.79 Å². The largest absolute Gasteiger partial charge is 0.480 e. The summed E-state index contributed by atoms with van der Waals surface area (Å²) < 4.78 is 5.51. The Morgan fingerprint density at radius 3 is 2.82 bits per heavy atom. The highest BCUT2D eigenvalue weighted by Crippen LogP contribution is 2.22. The zero-order valence-corrected chi connectivity index (χ0v) is 9.75. The number of carboxylic acid groups (broad SMARTS) is 1. The fourth-order valence-corrected chi connectivity index (χ4v) is 1.76. The highest BCUT2D eigenvalue weighted by Gasteiger charge is 2.24. The van der Waals surface area contributed by atoms with Crippen molar-refractivity contribution in [1.29, 1.82) is 0 Å². The number of benzene rings is 1. The average molecular weight is 234 g/mol. The van der Waals surface area contributed by atoms with Crippen LogP contribution >= 0.6 is 0 Å². The summed E-state index contributed by atoms with van der Waals surface area (Å²) in [7, 11) is 1.67. The number of aromatic nitrogens is 1. The fourth-order valence-electron chi connectivity index (χ4n) is 1.76. The van der Waals surface area contributed by atoms with Gasteiger partial charge in [0, 0.05) is 7.05 Å². The molecule has 17 heavy (non-hydrogen) atoms. The zero-order valence-electron chi connectivity index (χ0n) is 9.75. The summed E-state index contributed by atoms with van der Waals surface area (Å²) in [5.41, 5.74) is 1.39. The monoisotopic (exact) mass is 234 g/mol. The molecule has 0 fully saturated rings. The first kappa shape index (κ1) is 11.4. The van der Waals surface area contributed by atoms with Gasteiger partial charge in [0.1, 0.15) is 11.6 Å². The van der Waals surface area contributed by atoms with Crippen molar-refractivity contribution in [3.63, 3.8) is 0 Å². The quantitative estimate of drug-likeness (QED) is 0.877. The average Bonchev–Trinajstić information content (AvgIpc) is 2.72. The van der Waals surface area contributed by atoms with Gasteiger partial charge in [-0.2, -0.15) is 4.98 Å². The maximum Gasteiger partial charge on any atom is 0.326 e. The normalized spacial score (nSPS) is 12.6. The SMILES string of the molecule is CCC(C(=O)O)N(C)c1nc2ccccc2o1. The molecule has 0 radical (unpaired) electrons. The predicted molar refractivity (Wildman–Crippen MR) is 64.1 cm³/mol. The lowest BCUT2D eigenvalue weighted by atomic mass is 10.2. The van der Waals surface area contributed by atoms with Gasteiger partial charge in [-0.1, -0.05) is 19.1 Å². The summed E-state index contributed by atoms with van der Waals surface area (Å²) in [6.07, 6.45) is 0.491. The molecule has 2 rings (SSSR count). The van der Waals surface area contributed by atoms with E-state index < -0.39 is 12.0 Å². The second-order valence-electron chi connectivity index (χ2n) is 3.84. The Kier molecular flexibility index (Phi) is 2.99. The number of rotatable bonds is 4. The third-order valence-corrected chi connectivity index (χ3v) is 2.72. The molecule has 2 aromatic rings. The van der Waals surface area contributed by atoms with Crippen LogP contribution in [0, 0.1) is 0 Å². The van der Waals surface area contributed by atoms with Crippen LogP contribution in [0.5, 0.6) is 0 Å². The lowest BCUT2D eigenvalue weighted by Crippen LogP contribution is -2.38. The second-order valence-corrected chi connectivity index (χ2v) is 3.84. The Morgan fingerprint density at radius 1 is 1.53 bits per heavy atom. The number of fused-ring (bicyclic) bond motifs is 1. The van der Waals surface area contributed by atoms with Crippen LogP contribution in [0.25, 0.3) is 11.1 Å². The molecule has 5 nitrogen and oxygen atoms in total. The molecule has 0 aliphatic rings. The molecule has 0 amide bonds. The second kappa shape index (κ2) is 4.45. The van der Waals surface area contributed by atoms with Crippen molar-refractivity contribution < 1.29 is 14.3 Å². The molecular weight excluding hydrogens is 220 g/mol. The lowest BCUT2D eigenvalue weighted by molar-refractivity contribution is -0.138. The number of para-hydroxylation sites is 2. The van der Waals surface area contributed by atoms with Crippen LogP contribution in [0.2, 0.25) is 0 Å². The van der Waals surface area contributed by atoms with Gasteiger partial charge in [0.05, 0.1) is 0 Å². The van der Waals surface area contributed by atoms with E-state index in [0.717, 1.165) is 5.52 Å². The van der Waals surface area contributed by atoms with Crippen LogP contribution < -0.4 is 4.90 Å². The molecule has 1 N–H and O–H groups in total. The maximum atomic E-state index is 11.0. The molecule has 1 aromatic carbocycles. The van der Waals surface area contributed by atoms with Crippen LogP contribution in [0.3, 0.4) is 0 Å². The zero-order chi connectivity index (χ0) is 12.4. The highest BCUT2D eigenvalue weighted by molar-refractivity contribution is 5.79. The van der Waals surface area contributed by atoms with E-state index in [4.69, 9.17) is 9.52 Å². The number of hydrogen-bond donors (Lipinski definition) is 1. The molecule has 0 saturated carbocycles. The minimum atomic E-state index is -0.878. The van der Waals surface area contributed by atoms with E-state index in [1.807, 2.05) is 25.1 Å². The molecule has 5 heteroatoms. The predicted octanol–water partition coefficient (Wildman–Crippen LogP) is 2.13. The highest BCUT2D eigenvalue weighted by atomic mass is 16.4. The molecule has 0 saturated heterocycles. The Morgan fingerprint density at radius 2 is 2.24 bits per heavy atom. The smallest absolute Gasteiger partial charge is 0.326 e. The van der Waals surface area contributed by atoms with E-state index in [9.17, 15) is 4.79 Å². The Balaban J connectivity index is 2.35. The molecule has 1 aromatic heterocycles.